The van der Waals surface area contributed by atoms with Crippen LogP contribution in [0, 0.1) is 0 Å². The minimum atomic E-state index is -0.592. The predicted octanol–water partition coefficient (Wildman–Crippen LogP) is 1.72. The van der Waals surface area contributed by atoms with E-state index in [0.717, 1.165) is 17.6 Å². The minimum absolute atomic E-state index is 0.0132. The number of hydrogen-bond acceptors (Lipinski definition) is 7. The van der Waals surface area contributed by atoms with Gasteiger partial charge in [0, 0.05) is 11.8 Å². The van der Waals surface area contributed by atoms with Gasteiger partial charge in [0.05, 0.1) is 12.8 Å². The number of hydrogen-bond donors (Lipinski definition) is 0. The number of rotatable bonds is 11. The average molecular weight is 318 g/mol. The van der Waals surface area contributed by atoms with Crippen LogP contribution in [0.2, 0.25) is 0 Å². The molecule has 0 spiro atoms. The molecule has 0 fully saturated rings. The van der Waals surface area contributed by atoms with Gasteiger partial charge in [0.1, 0.15) is 19.3 Å². The Hall–Kier alpha value is -1.50. The third-order valence-corrected chi connectivity index (χ3v) is 3.29. The quantitative estimate of drug-likeness (QED) is 0.326. The number of carbonyl (C=O) groups excluding carboxylic acids is 3. The standard InChI is InChI=1S/C14H22O6S/c1-4-12(15)18-8-6-13(16)19-9-7-14(17)20-11(3)10-21-5-2/h4,11H,1,5-10H2,2-3H3. The number of esters is 3. The van der Waals surface area contributed by atoms with E-state index in [9.17, 15) is 14.4 Å². The molecule has 21 heavy (non-hydrogen) atoms. The normalized spacial score (nSPS) is 11.3. The molecular weight excluding hydrogens is 296 g/mol. The largest absolute Gasteiger partial charge is 0.465 e. The Bertz CT molecular complexity index is 355. The van der Waals surface area contributed by atoms with Gasteiger partial charge in [-0.2, -0.15) is 11.8 Å². The first-order valence-electron chi connectivity index (χ1n) is 6.71. The molecule has 0 aromatic rings. The van der Waals surface area contributed by atoms with Crippen molar-refractivity contribution in [3.63, 3.8) is 0 Å². The first-order valence-corrected chi connectivity index (χ1v) is 7.87. The molecule has 0 radical (unpaired) electrons. The van der Waals surface area contributed by atoms with Crippen molar-refractivity contribution in [1.29, 1.82) is 0 Å². The summed E-state index contributed by atoms with van der Waals surface area (Å²) in [6.07, 6.45) is 0.813. The summed E-state index contributed by atoms with van der Waals surface area (Å²) in [6, 6.07) is 0. The summed E-state index contributed by atoms with van der Waals surface area (Å²) in [5.74, 6) is 0.191. The third kappa shape index (κ3) is 12.0. The van der Waals surface area contributed by atoms with Crippen molar-refractivity contribution < 1.29 is 28.6 Å². The van der Waals surface area contributed by atoms with E-state index in [2.05, 4.69) is 11.3 Å². The minimum Gasteiger partial charge on any atom is -0.465 e. The van der Waals surface area contributed by atoms with Crippen molar-refractivity contribution >= 4 is 29.7 Å². The zero-order valence-electron chi connectivity index (χ0n) is 12.5. The van der Waals surface area contributed by atoms with E-state index in [0.29, 0.717) is 0 Å². The molecule has 0 saturated carbocycles. The van der Waals surface area contributed by atoms with Gasteiger partial charge in [-0.25, -0.2) is 4.79 Å². The Balaban J connectivity index is 3.63. The molecule has 7 heteroatoms. The summed E-state index contributed by atoms with van der Waals surface area (Å²) < 4.78 is 14.6. The van der Waals surface area contributed by atoms with Crippen LogP contribution in [0.3, 0.4) is 0 Å². The number of ether oxygens (including phenoxy) is 3. The van der Waals surface area contributed by atoms with Gasteiger partial charge in [-0.1, -0.05) is 13.5 Å². The van der Waals surface area contributed by atoms with Gasteiger partial charge in [0.2, 0.25) is 0 Å². The molecule has 0 saturated heterocycles. The highest BCUT2D eigenvalue weighted by atomic mass is 32.2. The summed E-state index contributed by atoms with van der Waals surface area (Å²) in [4.78, 5) is 33.4. The average Bonchev–Trinajstić information content (AvgIpc) is 2.44. The van der Waals surface area contributed by atoms with E-state index < -0.39 is 17.9 Å². The fourth-order valence-electron chi connectivity index (χ4n) is 1.22. The highest BCUT2D eigenvalue weighted by Gasteiger charge is 2.11. The first-order chi connectivity index (χ1) is 9.99. The van der Waals surface area contributed by atoms with Crippen molar-refractivity contribution in [2.75, 3.05) is 24.7 Å². The second kappa shape index (κ2) is 12.3. The van der Waals surface area contributed by atoms with Crippen LogP contribution in [0.4, 0.5) is 0 Å². The van der Waals surface area contributed by atoms with Gasteiger partial charge in [-0.05, 0) is 12.7 Å². The van der Waals surface area contributed by atoms with Crippen molar-refractivity contribution in [3.8, 4) is 0 Å². The molecule has 0 bridgehead atoms. The third-order valence-electron chi connectivity index (χ3n) is 2.18. The maximum atomic E-state index is 11.4. The lowest BCUT2D eigenvalue weighted by Crippen LogP contribution is -2.19. The smallest absolute Gasteiger partial charge is 0.330 e. The summed E-state index contributed by atoms with van der Waals surface area (Å²) in [5.41, 5.74) is 0. The molecule has 0 aliphatic carbocycles. The predicted molar refractivity (Wildman–Crippen MR) is 79.9 cm³/mol. The molecule has 1 atom stereocenters. The molecule has 0 rings (SSSR count). The van der Waals surface area contributed by atoms with E-state index in [1.807, 2.05) is 13.8 Å². The Kier molecular flexibility index (Phi) is 11.4. The lowest BCUT2D eigenvalue weighted by Gasteiger charge is -2.12. The van der Waals surface area contributed by atoms with E-state index in [1.54, 1.807) is 11.8 Å². The molecule has 0 aliphatic heterocycles. The van der Waals surface area contributed by atoms with Gasteiger partial charge in [-0.3, -0.25) is 9.59 Å². The molecule has 1 unspecified atom stereocenters. The molecule has 6 nitrogen and oxygen atoms in total. The molecule has 0 aromatic heterocycles. The maximum Gasteiger partial charge on any atom is 0.330 e. The summed E-state index contributed by atoms with van der Waals surface area (Å²) in [7, 11) is 0. The van der Waals surface area contributed by atoms with Gasteiger partial charge in [0.25, 0.3) is 0 Å². The van der Waals surface area contributed by atoms with Crippen molar-refractivity contribution in [2.45, 2.75) is 32.8 Å². The molecule has 120 valence electrons. The molecular formula is C14H22O6S. The Morgan fingerprint density at radius 2 is 1.76 bits per heavy atom. The molecule has 0 aliphatic rings. The van der Waals surface area contributed by atoms with E-state index in [-0.39, 0.29) is 32.2 Å². The Morgan fingerprint density at radius 1 is 1.14 bits per heavy atom. The van der Waals surface area contributed by atoms with Crippen LogP contribution in [-0.2, 0) is 28.6 Å². The Labute approximate surface area is 129 Å². The van der Waals surface area contributed by atoms with Crippen molar-refractivity contribution in [3.05, 3.63) is 12.7 Å². The van der Waals surface area contributed by atoms with Crippen LogP contribution in [-0.4, -0.2) is 48.7 Å². The highest BCUT2D eigenvalue weighted by molar-refractivity contribution is 7.99. The maximum absolute atomic E-state index is 11.4. The van der Waals surface area contributed by atoms with E-state index in [1.165, 1.54) is 0 Å². The monoisotopic (exact) mass is 318 g/mol. The van der Waals surface area contributed by atoms with Crippen LogP contribution >= 0.6 is 11.8 Å². The van der Waals surface area contributed by atoms with Crippen molar-refractivity contribution in [2.24, 2.45) is 0 Å². The van der Waals surface area contributed by atoms with Gasteiger partial charge in [0.15, 0.2) is 0 Å². The molecule has 0 heterocycles. The Morgan fingerprint density at radius 3 is 2.38 bits per heavy atom. The second-order valence-corrected chi connectivity index (χ2v) is 5.37. The zero-order chi connectivity index (χ0) is 16.1. The van der Waals surface area contributed by atoms with Gasteiger partial charge >= 0.3 is 17.9 Å². The molecule has 0 N–H and O–H groups in total. The van der Waals surface area contributed by atoms with E-state index >= 15 is 0 Å². The summed E-state index contributed by atoms with van der Waals surface area (Å²) >= 11 is 1.69. The van der Waals surface area contributed by atoms with E-state index in [4.69, 9.17) is 9.47 Å². The molecule has 0 amide bonds. The van der Waals surface area contributed by atoms with Crippen LogP contribution < -0.4 is 0 Å². The zero-order valence-corrected chi connectivity index (χ0v) is 13.3. The van der Waals surface area contributed by atoms with Crippen LogP contribution in [0.15, 0.2) is 12.7 Å². The number of carbonyl (C=O) groups is 3. The van der Waals surface area contributed by atoms with Gasteiger partial charge in [-0.15, -0.1) is 0 Å². The molecule has 0 aromatic carbocycles. The van der Waals surface area contributed by atoms with Gasteiger partial charge < -0.3 is 14.2 Å². The van der Waals surface area contributed by atoms with Crippen LogP contribution in [0.5, 0.6) is 0 Å². The van der Waals surface area contributed by atoms with Crippen LogP contribution in [0.1, 0.15) is 26.7 Å². The van der Waals surface area contributed by atoms with Crippen molar-refractivity contribution in [1.82, 2.24) is 0 Å². The fourth-order valence-corrected chi connectivity index (χ4v) is 1.85. The highest BCUT2D eigenvalue weighted by Crippen LogP contribution is 2.05. The topological polar surface area (TPSA) is 78.9 Å². The lowest BCUT2D eigenvalue weighted by atomic mass is 10.4. The second-order valence-electron chi connectivity index (χ2n) is 4.05. The fraction of sp³-hybridized carbons (Fsp3) is 0.643. The summed E-state index contributed by atoms with van der Waals surface area (Å²) in [5, 5.41) is 0. The number of thioether (sulfide) groups is 1. The SMILES string of the molecule is C=CC(=O)OCCC(=O)OCCC(=O)OC(C)CSCC. The van der Waals surface area contributed by atoms with Crippen LogP contribution in [0.25, 0.3) is 0 Å². The lowest BCUT2D eigenvalue weighted by molar-refractivity contribution is -0.152. The first kappa shape index (κ1) is 19.5. The summed E-state index contributed by atoms with van der Waals surface area (Å²) in [6.45, 7) is 6.97.